The summed E-state index contributed by atoms with van der Waals surface area (Å²) in [5, 5.41) is 2.91. The lowest BCUT2D eigenvalue weighted by Crippen LogP contribution is -2.42. The number of anilines is 1. The number of amides is 2. The van der Waals surface area contributed by atoms with E-state index in [0.29, 0.717) is 43.9 Å². The summed E-state index contributed by atoms with van der Waals surface area (Å²) in [5.74, 6) is 1.05. The van der Waals surface area contributed by atoms with Crippen molar-refractivity contribution in [2.45, 2.75) is 55.5 Å². The number of imidazole rings is 1. The third kappa shape index (κ3) is 6.67. The van der Waals surface area contributed by atoms with Crippen LogP contribution in [0.3, 0.4) is 0 Å². The zero-order chi connectivity index (χ0) is 30.6. The van der Waals surface area contributed by atoms with Crippen molar-refractivity contribution in [3.05, 3.63) is 77.9 Å². The van der Waals surface area contributed by atoms with Crippen LogP contribution in [-0.4, -0.2) is 64.9 Å². The number of para-hydroxylation sites is 1. The van der Waals surface area contributed by atoms with Gasteiger partial charge in [0.1, 0.15) is 11.3 Å². The van der Waals surface area contributed by atoms with Gasteiger partial charge in [0, 0.05) is 56.6 Å². The molecule has 2 aliphatic heterocycles. The van der Waals surface area contributed by atoms with E-state index in [9.17, 15) is 14.0 Å². The lowest BCUT2D eigenvalue weighted by molar-refractivity contribution is -0.132. The number of hydrogen-bond acceptors (Lipinski definition) is 6. The number of fused-ring (bicyclic) bond motifs is 2. The molecule has 8 nitrogen and oxygen atoms in total. The number of carbonyl (C=O) groups excluding carboxylic acids is 2. The Bertz CT molecular complexity index is 1660. The van der Waals surface area contributed by atoms with Gasteiger partial charge in [-0.1, -0.05) is 36.4 Å². The minimum atomic E-state index is -0.325. The maximum Gasteiger partial charge on any atom is 0.234 e. The second kappa shape index (κ2) is 13.5. The smallest absolute Gasteiger partial charge is 0.234 e. The Balaban J connectivity index is 1.08. The van der Waals surface area contributed by atoms with Crippen molar-refractivity contribution >= 4 is 40.3 Å². The van der Waals surface area contributed by atoms with Gasteiger partial charge >= 0.3 is 0 Å². The molecular weight excluding hydrogens is 577 g/mol. The first-order valence-electron chi connectivity index (χ1n) is 15.2. The second-order valence-corrected chi connectivity index (χ2v) is 12.7. The first-order valence-corrected chi connectivity index (χ1v) is 16.2. The number of thioether (sulfide) groups is 1. The third-order valence-electron chi connectivity index (χ3n) is 8.47. The zero-order valence-electron chi connectivity index (χ0n) is 24.9. The monoisotopic (exact) mass is 615 g/mol. The number of methoxy groups -OCH3 is 1. The highest BCUT2D eigenvalue weighted by Gasteiger charge is 2.29. The highest BCUT2D eigenvalue weighted by atomic mass is 32.2. The predicted molar refractivity (Wildman–Crippen MR) is 172 cm³/mol. The molecule has 44 heavy (non-hydrogen) atoms. The van der Waals surface area contributed by atoms with Gasteiger partial charge in [-0.15, -0.1) is 11.8 Å². The summed E-state index contributed by atoms with van der Waals surface area (Å²) in [6.07, 6.45) is 3.42. The summed E-state index contributed by atoms with van der Waals surface area (Å²) in [7, 11) is 1.68. The van der Waals surface area contributed by atoms with Gasteiger partial charge < -0.3 is 25.3 Å². The van der Waals surface area contributed by atoms with E-state index in [0.717, 1.165) is 57.9 Å². The molecule has 1 saturated heterocycles. The van der Waals surface area contributed by atoms with Gasteiger partial charge in [0.05, 0.1) is 17.0 Å². The zero-order valence-corrected chi connectivity index (χ0v) is 25.7. The summed E-state index contributed by atoms with van der Waals surface area (Å²) < 4.78 is 22.0. The van der Waals surface area contributed by atoms with Gasteiger partial charge in [0.25, 0.3) is 0 Å². The summed E-state index contributed by atoms with van der Waals surface area (Å²) in [4.78, 5) is 32.8. The predicted octanol–water partition coefficient (Wildman–Crippen LogP) is 5.59. The van der Waals surface area contributed by atoms with Crippen LogP contribution in [0.2, 0.25) is 0 Å². The van der Waals surface area contributed by atoms with E-state index in [2.05, 4.69) is 40.2 Å². The Morgan fingerprint density at radius 1 is 1.18 bits per heavy atom. The molecule has 0 saturated carbocycles. The molecule has 1 aromatic heterocycles. The average molecular weight is 616 g/mol. The fourth-order valence-corrected chi connectivity index (χ4v) is 7.12. The number of nitrogens with one attached hydrogen (secondary N) is 1. The maximum absolute atomic E-state index is 14.7. The average Bonchev–Trinajstić information content (AvgIpc) is 3.41. The molecule has 4 aromatic rings. The molecule has 6 rings (SSSR count). The van der Waals surface area contributed by atoms with Crippen molar-refractivity contribution in [3.8, 4) is 11.1 Å². The first-order chi connectivity index (χ1) is 21.4. The molecule has 3 heterocycles. The van der Waals surface area contributed by atoms with Crippen LogP contribution in [0.5, 0.6) is 0 Å². The van der Waals surface area contributed by atoms with Crippen LogP contribution in [0.25, 0.3) is 22.2 Å². The summed E-state index contributed by atoms with van der Waals surface area (Å²) in [6, 6.07) is 19.1. The van der Waals surface area contributed by atoms with Crippen LogP contribution in [0, 0.1) is 5.82 Å². The van der Waals surface area contributed by atoms with Crippen molar-refractivity contribution in [2.75, 3.05) is 37.9 Å². The van der Waals surface area contributed by atoms with Gasteiger partial charge in [-0.25, -0.2) is 9.37 Å². The van der Waals surface area contributed by atoms with E-state index < -0.39 is 0 Å². The Kier molecular flexibility index (Phi) is 9.30. The Labute approximate surface area is 261 Å². The molecule has 0 spiro atoms. The lowest BCUT2D eigenvalue weighted by atomic mass is 9.95. The second-order valence-electron chi connectivity index (χ2n) is 11.7. The van der Waals surface area contributed by atoms with Gasteiger partial charge in [0.15, 0.2) is 5.82 Å². The summed E-state index contributed by atoms with van der Waals surface area (Å²) in [5.41, 5.74) is 11.8. The van der Waals surface area contributed by atoms with E-state index in [1.165, 1.54) is 6.07 Å². The molecule has 3 aromatic carbocycles. The van der Waals surface area contributed by atoms with Crippen LogP contribution < -0.4 is 11.1 Å². The van der Waals surface area contributed by atoms with Crippen molar-refractivity contribution < 1.29 is 18.7 Å². The normalized spacial score (nSPS) is 17.4. The number of aromatic nitrogens is 2. The van der Waals surface area contributed by atoms with E-state index in [1.807, 2.05) is 23.1 Å². The number of hydrogen-bond donors (Lipinski definition) is 2. The molecule has 0 unspecified atom stereocenters. The first kappa shape index (κ1) is 30.3. The van der Waals surface area contributed by atoms with Crippen molar-refractivity contribution in [2.24, 2.45) is 5.73 Å². The van der Waals surface area contributed by atoms with Crippen molar-refractivity contribution in [1.29, 1.82) is 0 Å². The number of aryl methyl sites for hydroxylation is 1. The highest BCUT2D eigenvalue weighted by Crippen LogP contribution is 2.35. The standard InChI is InChI=1S/C34H38FN5O3S/c1-43-16-4-15-40-29-7-2-6-27(35)33(29)38-34(40)25-5-3-14-39(20-25)32(42)19-26(36)17-22-8-10-23(11-9-22)24-12-13-28-30(18-24)44-21-31(41)37-28/h2,6-13,18,25-26H,3-5,14-17,19-21,36H2,1H3,(H,37,41)/t25-,26-/m1/s1. The molecule has 0 radical (unpaired) electrons. The number of nitrogens with two attached hydrogens (primary N) is 1. The third-order valence-corrected chi connectivity index (χ3v) is 9.52. The molecule has 10 heteroatoms. The SMILES string of the molecule is COCCCn1c([C@@H]2CCCN(C(=O)C[C@H](N)Cc3ccc(-c4ccc5c(c4)SCC(=O)N5)cc3)C2)nc2c(F)cccc21. The number of likely N-dealkylation sites (tertiary alicyclic amines) is 1. The molecule has 2 aliphatic rings. The Morgan fingerprint density at radius 3 is 2.82 bits per heavy atom. The fraction of sp³-hybridized carbons (Fsp3) is 0.382. The van der Waals surface area contributed by atoms with Crippen LogP contribution in [0.4, 0.5) is 10.1 Å². The number of carbonyl (C=O) groups is 2. The van der Waals surface area contributed by atoms with E-state index in [-0.39, 0.29) is 36.0 Å². The van der Waals surface area contributed by atoms with Crippen LogP contribution in [0.1, 0.15) is 43.0 Å². The molecule has 0 aliphatic carbocycles. The van der Waals surface area contributed by atoms with Crippen molar-refractivity contribution in [3.63, 3.8) is 0 Å². The van der Waals surface area contributed by atoms with Gasteiger partial charge in [0.2, 0.25) is 11.8 Å². The van der Waals surface area contributed by atoms with Gasteiger partial charge in [-0.3, -0.25) is 9.59 Å². The number of piperidine rings is 1. The van der Waals surface area contributed by atoms with Gasteiger partial charge in [-0.05, 0) is 66.6 Å². The fourth-order valence-electron chi connectivity index (χ4n) is 6.27. The molecule has 1 fully saturated rings. The Morgan fingerprint density at radius 2 is 2.00 bits per heavy atom. The summed E-state index contributed by atoms with van der Waals surface area (Å²) >= 11 is 1.55. The molecule has 3 N–H and O–H groups in total. The highest BCUT2D eigenvalue weighted by molar-refractivity contribution is 8.00. The molecular formula is C34H38FN5O3S. The van der Waals surface area contributed by atoms with Crippen LogP contribution in [-0.2, 0) is 27.3 Å². The van der Waals surface area contributed by atoms with Crippen LogP contribution >= 0.6 is 11.8 Å². The number of ether oxygens (including phenoxy) is 1. The minimum absolute atomic E-state index is 0.0285. The number of halogens is 1. The Hall–Kier alpha value is -3.73. The summed E-state index contributed by atoms with van der Waals surface area (Å²) in [6.45, 7) is 2.54. The lowest BCUT2D eigenvalue weighted by Gasteiger charge is -2.33. The maximum atomic E-state index is 14.7. The molecule has 0 bridgehead atoms. The van der Waals surface area contributed by atoms with Crippen LogP contribution in [0.15, 0.2) is 65.6 Å². The molecule has 2 atom stereocenters. The van der Waals surface area contributed by atoms with Crippen molar-refractivity contribution in [1.82, 2.24) is 14.5 Å². The quantitative estimate of drug-likeness (QED) is 0.226. The van der Waals surface area contributed by atoms with Gasteiger partial charge in [-0.2, -0.15) is 0 Å². The topological polar surface area (TPSA) is 102 Å². The largest absolute Gasteiger partial charge is 0.385 e. The van der Waals surface area contributed by atoms with E-state index in [4.69, 9.17) is 15.5 Å². The minimum Gasteiger partial charge on any atom is -0.385 e. The number of rotatable bonds is 10. The number of nitrogens with zero attached hydrogens (tertiary/aromatic N) is 3. The molecule has 2 amide bonds. The van der Waals surface area contributed by atoms with E-state index in [1.54, 1.807) is 24.9 Å². The van der Waals surface area contributed by atoms with E-state index >= 15 is 0 Å². The number of benzene rings is 3. The molecule has 230 valence electrons.